The van der Waals surface area contributed by atoms with Crippen molar-refractivity contribution in [2.24, 2.45) is 0 Å². The van der Waals surface area contributed by atoms with E-state index in [-0.39, 0.29) is 5.38 Å². The van der Waals surface area contributed by atoms with Crippen molar-refractivity contribution in [2.45, 2.75) is 19.2 Å². The highest BCUT2D eigenvalue weighted by molar-refractivity contribution is 9.11. The second-order valence-electron chi connectivity index (χ2n) is 3.90. The summed E-state index contributed by atoms with van der Waals surface area (Å²) in [5.74, 6) is 0. The third-order valence-corrected chi connectivity index (χ3v) is 5.25. The number of aryl methyl sites for hydroxylation is 2. The minimum atomic E-state index is -0.105. The molecule has 4 heteroatoms. The van der Waals surface area contributed by atoms with Crippen LogP contribution in [0.4, 0.5) is 0 Å². The predicted molar refractivity (Wildman–Crippen MR) is 83.3 cm³/mol. The van der Waals surface area contributed by atoms with Crippen molar-refractivity contribution < 1.29 is 0 Å². The molecule has 1 atom stereocenters. The topological polar surface area (TPSA) is 0 Å². The number of hydrogen-bond donors (Lipinski definition) is 0. The van der Waals surface area contributed by atoms with Crippen LogP contribution in [0.2, 0.25) is 0 Å². The van der Waals surface area contributed by atoms with Gasteiger partial charge in [-0.05, 0) is 49.2 Å². The molecule has 0 nitrogen and oxygen atoms in total. The first-order valence-corrected chi connectivity index (χ1v) is 7.99. The third-order valence-electron chi connectivity index (χ3n) is 2.58. The molecular formula is C13H11Br2ClS. The van der Waals surface area contributed by atoms with Crippen LogP contribution in [0.1, 0.15) is 26.3 Å². The van der Waals surface area contributed by atoms with Crippen molar-refractivity contribution in [2.75, 3.05) is 0 Å². The molecule has 1 aromatic heterocycles. The second-order valence-corrected chi connectivity index (χ2v) is 7.56. The zero-order chi connectivity index (χ0) is 12.6. The van der Waals surface area contributed by atoms with Crippen LogP contribution in [0.5, 0.6) is 0 Å². The number of thiophene rings is 1. The van der Waals surface area contributed by atoms with Crippen LogP contribution in [0, 0.1) is 13.8 Å². The molecule has 2 aromatic rings. The molecule has 0 fully saturated rings. The molecule has 1 unspecified atom stereocenters. The Morgan fingerprint density at radius 3 is 2.41 bits per heavy atom. The molecule has 1 heterocycles. The molecule has 0 saturated carbocycles. The summed E-state index contributed by atoms with van der Waals surface area (Å²) in [5.41, 5.74) is 2.30. The fourth-order valence-corrected chi connectivity index (χ4v) is 4.20. The summed E-state index contributed by atoms with van der Waals surface area (Å²) >= 11 is 15.4. The Morgan fingerprint density at radius 2 is 1.82 bits per heavy atom. The minimum absolute atomic E-state index is 0.105. The van der Waals surface area contributed by atoms with E-state index in [1.807, 2.05) is 12.1 Å². The van der Waals surface area contributed by atoms with Gasteiger partial charge in [-0.3, -0.25) is 0 Å². The lowest BCUT2D eigenvalue weighted by molar-refractivity contribution is 1.12. The first kappa shape index (κ1) is 13.6. The number of hydrogen-bond acceptors (Lipinski definition) is 1. The van der Waals surface area contributed by atoms with Crippen molar-refractivity contribution in [3.63, 3.8) is 0 Å². The van der Waals surface area contributed by atoms with Gasteiger partial charge in [-0.15, -0.1) is 22.9 Å². The lowest BCUT2D eigenvalue weighted by Gasteiger charge is -2.12. The molecule has 1 aromatic carbocycles. The first-order chi connectivity index (χ1) is 7.99. The van der Waals surface area contributed by atoms with Gasteiger partial charge in [0, 0.05) is 18.7 Å². The molecule has 0 aliphatic heterocycles. The summed E-state index contributed by atoms with van der Waals surface area (Å²) in [5, 5.41) is -0.105. The fraction of sp³-hybridized carbons (Fsp3) is 0.231. The highest BCUT2D eigenvalue weighted by Gasteiger charge is 2.18. The highest BCUT2D eigenvalue weighted by atomic mass is 79.9. The maximum Gasteiger partial charge on any atom is 0.0857 e. The van der Waals surface area contributed by atoms with Gasteiger partial charge in [0.15, 0.2) is 0 Å². The second kappa shape index (κ2) is 5.43. The van der Waals surface area contributed by atoms with E-state index in [2.05, 4.69) is 57.8 Å². The molecular weight excluding hydrogens is 383 g/mol. The lowest BCUT2D eigenvalue weighted by Crippen LogP contribution is -1.94. The zero-order valence-electron chi connectivity index (χ0n) is 9.43. The average Bonchev–Trinajstić information content (AvgIpc) is 2.60. The molecule has 0 radical (unpaired) electrons. The van der Waals surface area contributed by atoms with Crippen LogP contribution in [0.15, 0.2) is 33.2 Å². The Morgan fingerprint density at radius 1 is 1.12 bits per heavy atom. The van der Waals surface area contributed by atoms with Gasteiger partial charge in [0.25, 0.3) is 0 Å². The molecule has 90 valence electrons. The summed E-state index contributed by atoms with van der Waals surface area (Å²) in [7, 11) is 0. The molecule has 0 aliphatic carbocycles. The van der Waals surface area contributed by atoms with E-state index in [0.29, 0.717) is 0 Å². The van der Waals surface area contributed by atoms with Crippen molar-refractivity contribution in [1.29, 1.82) is 0 Å². The summed E-state index contributed by atoms with van der Waals surface area (Å²) in [4.78, 5) is 2.59. The van der Waals surface area contributed by atoms with Gasteiger partial charge in [0.1, 0.15) is 0 Å². The maximum atomic E-state index is 6.58. The van der Waals surface area contributed by atoms with Crippen LogP contribution in [-0.2, 0) is 0 Å². The smallest absolute Gasteiger partial charge is 0.0857 e. The van der Waals surface area contributed by atoms with Gasteiger partial charge in [0.2, 0.25) is 0 Å². The van der Waals surface area contributed by atoms with Crippen LogP contribution in [0.3, 0.4) is 0 Å². The van der Waals surface area contributed by atoms with Crippen LogP contribution < -0.4 is 0 Å². The normalized spacial score (nSPS) is 12.8. The van der Waals surface area contributed by atoms with Crippen LogP contribution >= 0.6 is 54.8 Å². The Hall–Kier alpha value is 0.170. The summed E-state index contributed by atoms with van der Waals surface area (Å²) in [6.45, 7) is 4.23. The zero-order valence-corrected chi connectivity index (χ0v) is 14.2. The first-order valence-electron chi connectivity index (χ1n) is 5.15. The molecule has 0 saturated heterocycles. The van der Waals surface area contributed by atoms with Gasteiger partial charge in [-0.1, -0.05) is 31.9 Å². The van der Waals surface area contributed by atoms with E-state index in [1.165, 1.54) is 15.3 Å². The van der Waals surface area contributed by atoms with E-state index in [0.717, 1.165) is 14.5 Å². The third kappa shape index (κ3) is 2.95. The monoisotopic (exact) mass is 392 g/mol. The van der Waals surface area contributed by atoms with E-state index < -0.39 is 0 Å². The Bertz CT molecular complexity index is 548. The van der Waals surface area contributed by atoms with E-state index in [1.54, 1.807) is 11.3 Å². The van der Waals surface area contributed by atoms with Gasteiger partial charge < -0.3 is 0 Å². The summed E-state index contributed by atoms with van der Waals surface area (Å²) < 4.78 is 2.09. The molecule has 0 aliphatic rings. The van der Waals surface area contributed by atoms with Gasteiger partial charge in [-0.25, -0.2) is 0 Å². The number of benzene rings is 1. The van der Waals surface area contributed by atoms with E-state index in [9.17, 15) is 0 Å². The van der Waals surface area contributed by atoms with Crippen molar-refractivity contribution in [3.05, 3.63) is 54.1 Å². The molecule has 2 rings (SSSR count). The Labute approximate surface area is 127 Å². The number of alkyl halides is 1. The van der Waals surface area contributed by atoms with E-state index >= 15 is 0 Å². The Kier molecular flexibility index (Phi) is 4.35. The molecule has 0 spiro atoms. The summed E-state index contributed by atoms with van der Waals surface area (Å²) in [6.07, 6.45) is 0. The fourth-order valence-electron chi connectivity index (χ4n) is 1.78. The van der Waals surface area contributed by atoms with Crippen LogP contribution in [0.25, 0.3) is 0 Å². The Balaban J connectivity index is 2.46. The average molecular weight is 395 g/mol. The standard InChI is InChI=1S/C13H11Br2ClS/c1-7-5-10(8(2)17-7)13(16)11-6-9(14)3-4-12(11)15/h3-6,13H,1-2H3. The quantitative estimate of drug-likeness (QED) is 0.531. The molecule has 0 amide bonds. The maximum absolute atomic E-state index is 6.58. The highest BCUT2D eigenvalue weighted by Crippen LogP contribution is 2.39. The van der Waals surface area contributed by atoms with Gasteiger partial charge >= 0.3 is 0 Å². The lowest BCUT2D eigenvalue weighted by atomic mass is 10.1. The number of rotatable bonds is 2. The largest absolute Gasteiger partial charge is 0.146 e. The van der Waals surface area contributed by atoms with Crippen molar-refractivity contribution in [3.8, 4) is 0 Å². The van der Waals surface area contributed by atoms with Crippen molar-refractivity contribution >= 4 is 54.8 Å². The molecule has 0 bridgehead atoms. The van der Waals surface area contributed by atoms with Crippen LogP contribution in [-0.4, -0.2) is 0 Å². The molecule has 17 heavy (non-hydrogen) atoms. The summed E-state index contributed by atoms with van der Waals surface area (Å²) in [6, 6.07) is 8.26. The minimum Gasteiger partial charge on any atom is -0.146 e. The predicted octanol–water partition coefficient (Wildman–Crippen LogP) is 6.22. The molecule has 0 N–H and O–H groups in total. The number of halogens is 3. The van der Waals surface area contributed by atoms with Gasteiger partial charge in [-0.2, -0.15) is 0 Å². The van der Waals surface area contributed by atoms with E-state index in [4.69, 9.17) is 11.6 Å². The van der Waals surface area contributed by atoms with Gasteiger partial charge in [0.05, 0.1) is 5.38 Å². The SMILES string of the molecule is Cc1cc(C(Cl)c2cc(Br)ccc2Br)c(C)s1. The van der Waals surface area contributed by atoms with Crippen molar-refractivity contribution in [1.82, 2.24) is 0 Å².